The number of ether oxygens (including phenoxy) is 1. The first-order chi connectivity index (χ1) is 8.54. The second-order valence-electron chi connectivity index (χ2n) is 3.72. The molecule has 18 heavy (non-hydrogen) atoms. The van der Waals surface area contributed by atoms with Crippen LogP contribution in [0.3, 0.4) is 0 Å². The number of carboxylic acids is 1. The zero-order valence-electron chi connectivity index (χ0n) is 10.1. The standard InChI is InChI=1S/C12H16N2O4/c1-8-6-9(2-3-10(8)12(16)17)14-11(15)7-18-5-4-13/h2-3,6H,4-5,7,13H2,1H3,(H,14,15)(H,16,17). The molecule has 1 aromatic carbocycles. The Balaban J connectivity index is 2.60. The number of carbonyl (C=O) groups excluding carboxylic acids is 1. The molecule has 0 spiro atoms. The molecule has 98 valence electrons. The lowest BCUT2D eigenvalue weighted by Crippen LogP contribution is -2.20. The molecule has 0 bridgehead atoms. The summed E-state index contributed by atoms with van der Waals surface area (Å²) in [7, 11) is 0. The number of rotatable bonds is 6. The molecule has 1 rings (SSSR count). The van der Waals surface area contributed by atoms with Gasteiger partial charge in [-0.25, -0.2) is 4.79 Å². The summed E-state index contributed by atoms with van der Waals surface area (Å²) >= 11 is 0. The minimum Gasteiger partial charge on any atom is -0.478 e. The fourth-order valence-corrected chi connectivity index (χ4v) is 1.43. The molecule has 0 heterocycles. The number of aryl methyl sites for hydroxylation is 1. The number of hydrogen-bond acceptors (Lipinski definition) is 4. The molecule has 0 unspecified atom stereocenters. The van der Waals surface area contributed by atoms with E-state index in [4.69, 9.17) is 15.6 Å². The lowest BCUT2D eigenvalue weighted by atomic mass is 10.1. The average molecular weight is 252 g/mol. The van der Waals surface area contributed by atoms with Crippen molar-refractivity contribution in [3.63, 3.8) is 0 Å². The molecule has 1 aromatic rings. The molecule has 0 atom stereocenters. The second-order valence-corrected chi connectivity index (χ2v) is 3.72. The van der Waals surface area contributed by atoms with Crippen LogP contribution >= 0.6 is 0 Å². The van der Waals surface area contributed by atoms with Crippen molar-refractivity contribution in [1.29, 1.82) is 0 Å². The average Bonchev–Trinajstić information content (AvgIpc) is 2.28. The molecule has 6 nitrogen and oxygen atoms in total. The first-order valence-electron chi connectivity index (χ1n) is 5.46. The van der Waals surface area contributed by atoms with Gasteiger partial charge >= 0.3 is 5.97 Å². The maximum absolute atomic E-state index is 11.4. The third-order valence-corrected chi connectivity index (χ3v) is 2.24. The first-order valence-corrected chi connectivity index (χ1v) is 5.46. The summed E-state index contributed by atoms with van der Waals surface area (Å²) in [6.45, 7) is 2.28. The van der Waals surface area contributed by atoms with Gasteiger partial charge in [0.05, 0.1) is 12.2 Å². The number of nitrogens with two attached hydrogens (primary N) is 1. The van der Waals surface area contributed by atoms with Crippen molar-refractivity contribution in [2.24, 2.45) is 5.73 Å². The predicted octanol–water partition coefficient (Wildman–Crippen LogP) is 0.607. The third kappa shape index (κ3) is 4.15. The van der Waals surface area contributed by atoms with E-state index in [1.165, 1.54) is 12.1 Å². The summed E-state index contributed by atoms with van der Waals surface area (Å²) in [4.78, 5) is 22.2. The molecular weight excluding hydrogens is 236 g/mol. The van der Waals surface area contributed by atoms with Crippen molar-refractivity contribution in [3.8, 4) is 0 Å². The van der Waals surface area contributed by atoms with E-state index in [-0.39, 0.29) is 18.1 Å². The normalized spacial score (nSPS) is 10.1. The molecular formula is C12H16N2O4. The van der Waals surface area contributed by atoms with E-state index >= 15 is 0 Å². The van der Waals surface area contributed by atoms with Gasteiger partial charge in [0.25, 0.3) is 0 Å². The Kier molecular flexibility index (Phi) is 5.29. The SMILES string of the molecule is Cc1cc(NC(=O)COCCN)ccc1C(=O)O. The Morgan fingerprint density at radius 3 is 2.72 bits per heavy atom. The van der Waals surface area contributed by atoms with Crippen LogP contribution in [0.1, 0.15) is 15.9 Å². The van der Waals surface area contributed by atoms with E-state index in [2.05, 4.69) is 5.32 Å². The molecule has 0 fully saturated rings. The highest BCUT2D eigenvalue weighted by Gasteiger charge is 2.08. The van der Waals surface area contributed by atoms with Crippen LogP contribution in [0.2, 0.25) is 0 Å². The minimum absolute atomic E-state index is 0.0725. The smallest absolute Gasteiger partial charge is 0.335 e. The molecule has 0 aliphatic rings. The number of amides is 1. The molecule has 0 radical (unpaired) electrons. The topological polar surface area (TPSA) is 102 Å². The van der Waals surface area contributed by atoms with Crippen LogP contribution in [0.15, 0.2) is 18.2 Å². The highest BCUT2D eigenvalue weighted by Crippen LogP contribution is 2.15. The van der Waals surface area contributed by atoms with Crippen molar-refractivity contribution in [2.45, 2.75) is 6.92 Å². The number of aromatic carboxylic acids is 1. The monoisotopic (exact) mass is 252 g/mol. The summed E-state index contributed by atoms with van der Waals surface area (Å²) < 4.78 is 4.98. The summed E-state index contributed by atoms with van der Waals surface area (Å²) in [5, 5.41) is 11.5. The molecule has 0 aliphatic heterocycles. The summed E-state index contributed by atoms with van der Waals surface area (Å²) in [6.07, 6.45) is 0. The van der Waals surface area contributed by atoms with E-state index in [0.29, 0.717) is 24.4 Å². The van der Waals surface area contributed by atoms with Gasteiger partial charge in [-0.1, -0.05) is 0 Å². The van der Waals surface area contributed by atoms with E-state index in [1.54, 1.807) is 13.0 Å². The van der Waals surface area contributed by atoms with E-state index in [0.717, 1.165) is 0 Å². The maximum Gasteiger partial charge on any atom is 0.335 e. The van der Waals surface area contributed by atoms with Gasteiger partial charge in [0.15, 0.2) is 0 Å². The summed E-state index contributed by atoms with van der Waals surface area (Å²) in [5.74, 6) is -1.29. The highest BCUT2D eigenvalue weighted by molar-refractivity contribution is 5.94. The summed E-state index contributed by atoms with van der Waals surface area (Å²) in [5.41, 5.74) is 6.56. The van der Waals surface area contributed by atoms with Crippen LogP contribution in [0.25, 0.3) is 0 Å². The Labute approximate surface area is 105 Å². The Morgan fingerprint density at radius 2 is 2.17 bits per heavy atom. The van der Waals surface area contributed by atoms with Crippen LogP contribution in [0, 0.1) is 6.92 Å². The molecule has 6 heteroatoms. The van der Waals surface area contributed by atoms with Gasteiger partial charge in [-0.15, -0.1) is 0 Å². The Bertz CT molecular complexity index is 446. The van der Waals surface area contributed by atoms with Crippen molar-refractivity contribution >= 4 is 17.6 Å². The molecule has 0 saturated carbocycles. The number of anilines is 1. The van der Waals surface area contributed by atoms with E-state index < -0.39 is 5.97 Å². The number of hydrogen-bond donors (Lipinski definition) is 3. The van der Waals surface area contributed by atoms with Crippen LogP contribution in [0.4, 0.5) is 5.69 Å². The van der Waals surface area contributed by atoms with Crippen LogP contribution in [-0.4, -0.2) is 36.7 Å². The fraction of sp³-hybridized carbons (Fsp3) is 0.333. The molecule has 1 amide bonds. The second kappa shape index (κ2) is 6.73. The van der Waals surface area contributed by atoms with Crippen LogP contribution < -0.4 is 11.1 Å². The van der Waals surface area contributed by atoms with Gasteiger partial charge in [-0.05, 0) is 30.7 Å². The quantitative estimate of drug-likeness (QED) is 0.644. The van der Waals surface area contributed by atoms with Crippen molar-refractivity contribution in [3.05, 3.63) is 29.3 Å². The predicted molar refractivity (Wildman–Crippen MR) is 66.6 cm³/mol. The zero-order valence-corrected chi connectivity index (χ0v) is 10.1. The number of benzene rings is 1. The van der Waals surface area contributed by atoms with E-state index in [1.807, 2.05) is 0 Å². The first kappa shape index (κ1) is 14.1. The van der Waals surface area contributed by atoms with Crippen LogP contribution in [0.5, 0.6) is 0 Å². The van der Waals surface area contributed by atoms with Gasteiger partial charge < -0.3 is 20.9 Å². The Morgan fingerprint density at radius 1 is 1.44 bits per heavy atom. The zero-order chi connectivity index (χ0) is 13.5. The maximum atomic E-state index is 11.4. The number of carbonyl (C=O) groups is 2. The largest absolute Gasteiger partial charge is 0.478 e. The molecule has 4 N–H and O–H groups in total. The van der Waals surface area contributed by atoms with Gasteiger partial charge in [0, 0.05) is 12.2 Å². The van der Waals surface area contributed by atoms with E-state index in [9.17, 15) is 9.59 Å². The van der Waals surface area contributed by atoms with Gasteiger partial charge in [-0.3, -0.25) is 4.79 Å². The Hall–Kier alpha value is -1.92. The minimum atomic E-state index is -0.989. The van der Waals surface area contributed by atoms with Crippen molar-refractivity contribution in [1.82, 2.24) is 0 Å². The number of carboxylic acid groups (broad SMARTS) is 1. The van der Waals surface area contributed by atoms with Gasteiger partial charge in [0.2, 0.25) is 5.91 Å². The van der Waals surface area contributed by atoms with Crippen LogP contribution in [-0.2, 0) is 9.53 Å². The molecule has 0 saturated heterocycles. The molecule has 0 aromatic heterocycles. The lowest BCUT2D eigenvalue weighted by Gasteiger charge is -2.08. The summed E-state index contributed by atoms with van der Waals surface area (Å²) in [6, 6.07) is 4.59. The highest BCUT2D eigenvalue weighted by atomic mass is 16.5. The van der Waals surface area contributed by atoms with Crippen molar-refractivity contribution in [2.75, 3.05) is 25.1 Å². The lowest BCUT2D eigenvalue weighted by molar-refractivity contribution is -0.120. The van der Waals surface area contributed by atoms with Crippen molar-refractivity contribution < 1.29 is 19.4 Å². The van der Waals surface area contributed by atoms with Gasteiger partial charge in [-0.2, -0.15) is 0 Å². The van der Waals surface area contributed by atoms with Gasteiger partial charge in [0.1, 0.15) is 6.61 Å². The number of nitrogens with one attached hydrogen (secondary N) is 1. The third-order valence-electron chi connectivity index (χ3n) is 2.24. The molecule has 0 aliphatic carbocycles. The fourth-order valence-electron chi connectivity index (χ4n) is 1.43.